The number of carbonyl (C=O) groups is 1. The minimum atomic E-state index is -0.306. The Balaban J connectivity index is 1.52. The number of piperidine rings is 1. The number of aromatic nitrogens is 2. The maximum atomic E-state index is 13.7. The zero-order valence-electron chi connectivity index (χ0n) is 15.4. The summed E-state index contributed by atoms with van der Waals surface area (Å²) < 4.78 is 29.2. The smallest absolute Gasteiger partial charge is 0.253 e. The first-order valence-corrected chi connectivity index (χ1v) is 9.13. The van der Waals surface area contributed by atoms with E-state index in [-0.39, 0.29) is 23.6 Å². The molecule has 27 heavy (non-hydrogen) atoms. The summed E-state index contributed by atoms with van der Waals surface area (Å²) in [6, 6.07) is 9.29. The molecule has 0 bridgehead atoms. The van der Waals surface area contributed by atoms with Crippen molar-refractivity contribution in [2.75, 3.05) is 13.1 Å². The van der Waals surface area contributed by atoms with Gasteiger partial charge in [-0.15, -0.1) is 0 Å². The second-order valence-corrected chi connectivity index (χ2v) is 7.15. The van der Waals surface area contributed by atoms with E-state index in [4.69, 9.17) is 0 Å². The van der Waals surface area contributed by atoms with E-state index in [1.165, 1.54) is 24.3 Å². The molecule has 1 saturated heterocycles. The molecule has 0 saturated carbocycles. The summed E-state index contributed by atoms with van der Waals surface area (Å²) in [7, 11) is 0. The van der Waals surface area contributed by atoms with Crippen LogP contribution in [-0.4, -0.2) is 33.4 Å². The van der Waals surface area contributed by atoms with Gasteiger partial charge in [-0.3, -0.25) is 4.79 Å². The van der Waals surface area contributed by atoms with Crippen LogP contribution in [0.15, 0.2) is 36.4 Å². The fourth-order valence-electron chi connectivity index (χ4n) is 3.93. The number of benzene rings is 2. The van der Waals surface area contributed by atoms with Crippen LogP contribution in [0, 0.1) is 25.5 Å². The van der Waals surface area contributed by atoms with E-state index in [0.717, 1.165) is 29.7 Å². The average molecular weight is 369 g/mol. The minimum absolute atomic E-state index is 0.0743. The lowest BCUT2D eigenvalue weighted by atomic mass is 10.0. The molecule has 4 rings (SSSR count). The lowest BCUT2D eigenvalue weighted by Gasteiger charge is -2.33. The number of halogens is 2. The van der Waals surface area contributed by atoms with Crippen LogP contribution in [0.1, 0.15) is 40.6 Å². The Kier molecular flexibility index (Phi) is 4.42. The quantitative estimate of drug-likeness (QED) is 0.671. The molecule has 1 amide bonds. The van der Waals surface area contributed by atoms with Crippen molar-refractivity contribution in [3.8, 4) is 0 Å². The zero-order valence-corrected chi connectivity index (χ0v) is 15.4. The number of rotatable bonds is 2. The SMILES string of the molecule is Cc1cc(C(=O)N2CCC(n3c(C)nc4ccc(F)cc43)CC2)ccc1F. The van der Waals surface area contributed by atoms with Crippen LogP contribution in [-0.2, 0) is 0 Å². The Morgan fingerprint density at radius 1 is 1.07 bits per heavy atom. The van der Waals surface area contributed by atoms with Crippen LogP contribution in [0.4, 0.5) is 8.78 Å². The Morgan fingerprint density at radius 3 is 2.52 bits per heavy atom. The molecule has 0 aliphatic carbocycles. The van der Waals surface area contributed by atoms with E-state index in [1.807, 2.05) is 6.92 Å². The van der Waals surface area contributed by atoms with Crippen LogP contribution in [0.25, 0.3) is 11.0 Å². The lowest BCUT2D eigenvalue weighted by Crippen LogP contribution is -2.39. The number of amides is 1. The summed E-state index contributed by atoms with van der Waals surface area (Å²) in [5.74, 6) is 0.201. The molecule has 4 nitrogen and oxygen atoms in total. The van der Waals surface area contributed by atoms with Gasteiger partial charge in [0.2, 0.25) is 0 Å². The molecule has 0 atom stereocenters. The van der Waals surface area contributed by atoms with Gasteiger partial charge in [0.25, 0.3) is 5.91 Å². The summed E-state index contributed by atoms with van der Waals surface area (Å²) in [5, 5.41) is 0. The highest BCUT2D eigenvalue weighted by Gasteiger charge is 2.26. The third-order valence-corrected chi connectivity index (χ3v) is 5.35. The molecule has 0 unspecified atom stereocenters. The average Bonchev–Trinajstić information content (AvgIpc) is 2.98. The second-order valence-electron chi connectivity index (χ2n) is 7.15. The number of hydrogen-bond donors (Lipinski definition) is 0. The first-order chi connectivity index (χ1) is 12.9. The van der Waals surface area contributed by atoms with Crippen molar-refractivity contribution >= 4 is 16.9 Å². The Morgan fingerprint density at radius 2 is 1.81 bits per heavy atom. The number of nitrogens with zero attached hydrogens (tertiary/aromatic N) is 3. The van der Waals surface area contributed by atoms with E-state index in [2.05, 4.69) is 9.55 Å². The highest BCUT2D eigenvalue weighted by molar-refractivity contribution is 5.94. The van der Waals surface area contributed by atoms with E-state index in [0.29, 0.717) is 24.2 Å². The predicted molar refractivity (Wildman–Crippen MR) is 99.7 cm³/mol. The first-order valence-electron chi connectivity index (χ1n) is 9.13. The largest absolute Gasteiger partial charge is 0.338 e. The predicted octanol–water partition coefficient (Wildman–Crippen LogP) is 4.41. The summed E-state index contributed by atoms with van der Waals surface area (Å²) >= 11 is 0. The third kappa shape index (κ3) is 3.20. The highest BCUT2D eigenvalue weighted by Crippen LogP contribution is 2.29. The van der Waals surface area contributed by atoms with Crippen LogP contribution in [0.3, 0.4) is 0 Å². The Labute approximate surface area is 156 Å². The molecule has 0 radical (unpaired) electrons. The molecule has 140 valence electrons. The first kappa shape index (κ1) is 17.6. The molecular formula is C21H21F2N3O. The lowest BCUT2D eigenvalue weighted by molar-refractivity contribution is 0.0695. The van der Waals surface area contributed by atoms with Gasteiger partial charge >= 0.3 is 0 Å². The molecule has 6 heteroatoms. The fourth-order valence-corrected chi connectivity index (χ4v) is 3.93. The highest BCUT2D eigenvalue weighted by atomic mass is 19.1. The maximum Gasteiger partial charge on any atom is 0.253 e. The Bertz CT molecular complexity index is 1020. The van der Waals surface area contributed by atoms with Gasteiger partial charge in [-0.25, -0.2) is 13.8 Å². The van der Waals surface area contributed by atoms with E-state index >= 15 is 0 Å². The van der Waals surface area contributed by atoms with Crippen molar-refractivity contribution in [2.45, 2.75) is 32.7 Å². The molecule has 1 aliphatic heterocycles. The van der Waals surface area contributed by atoms with Crippen molar-refractivity contribution in [1.82, 2.24) is 14.5 Å². The minimum Gasteiger partial charge on any atom is -0.338 e. The molecule has 2 heterocycles. The van der Waals surface area contributed by atoms with Gasteiger partial charge in [0.1, 0.15) is 17.5 Å². The standard InChI is InChI=1S/C21H21F2N3O/c1-13-11-15(3-5-18(13)23)21(27)25-9-7-17(8-10-25)26-14(2)24-19-6-4-16(22)12-20(19)26/h3-6,11-12,17H,7-10H2,1-2H3. The molecule has 0 N–H and O–H groups in total. The van der Waals surface area contributed by atoms with E-state index in [1.54, 1.807) is 24.0 Å². The van der Waals surface area contributed by atoms with Crippen molar-refractivity contribution in [1.29, 1.82) is 0 Å². The normalized spacial score (nSPS) is 15.5. The van der Waals surface area contributed by atoms with Crippen LogP contribution in [0.2, 0.25) is 0 Å². The van der Waals surface area contributed by atoms with Gasteiger partial charge in [0.05, 0.1) is 11.0 Å². The molecule has 1 fully saturated rings. The van der Waals surface area contributed by atoms with Gasteiger partial charge in [0, 0.05) is 24.7 Å². The summed E-state index contributed by atoms with van der Waals surface area (Å²) in [4.78, 5) is 19.0. The second kappa shape index (κ2) is 6.76. The molecule has 1 aromatic heterocycles. The number of hydrogen-bond acceptors (Lipinski definition) is 2. The third-order valence-electron chi connectivity index (χ3n) is 5.35. The van der Waals surface area contributed by atoms with E-state index in [9.17, 15) is 13.6 Å². The molecular weight excluding hydrogens is 348 g/mol. The van der Waals surface area contributed by atoms with Crippen molar-refractivity contribution in [3.63, 3.8) is 0 Å². The van der Waals surface area contributed by atoms with Gasteiger partial charge in [-0.05, 0) is 68.7 Å². The van der Waals surface area contributed by atoms with Gasteiger partial charge in [0.15, 0.2) is 0 Å². The monoisotopic (exact) mass is 369 g/mol. The number of carbonyl (C=O) groups excluding carboxylic acids is 1. The molecule has 0 spiro atoms. The van der Waals surface area contributed by atoms with Crippen molar-refractivity contribution in [2.24, 2.45) is 0 Å². The topological polar surface area (TPSA) is 38.1 Å². The van der Waals surface area contributed by atoms with Gasteiger partial charge < -0.3 is 9.47 Å². The van der Waals surface area contributed by atoms with Gasteiger partial charge in [-0.2, -0.15) is 0 Å². The number of imidazole rings is 1. The number of fused-ring (bicyclic) bond motifs is 1. The van der Waals surface area contributed by atoms with Crippen LogP contribution >= 0.6 is 0 Å². The van der Waals surface area contributed by atoms with Crippen LogP contribution in [0.5, 0.6) is 0 Å². The summed E-state index contributed by atoms with van der Waals surface area (Å²) in [6.45, 7) is 4.80. The zero-order chi connectivity index (χ0) is 19.1. The van der Waals surface area contributed by atoms with Crippen LogP contribution < -0.4 is 0 Å². The maximum absolute atomic E-state index is 13.7. The molecule has 1 aliphatic rings. The van der Waals surface area contributed by atoms with Crippen molar-refractivity contribution < 1.29 is 13.6 Å². The Hall–Kier alpha value is -2.76. The number of aryl methyl sites for hydroxylation is 2. The number of likely N-dealkylation sites (tertiary alicyclic amines) is 1. The van der Waals surface area contributed by atoms with E-state index < -0.39 is 0 Å². The van der Waals surface area contributed by atoms with Crippen molar-refractivity contribution in [3.05, 3.63) is 65.0 Å². The molecule has 2 aromatic carbocycles. The summed E-state index contributed by atoms with van der Waals surface area (Å²) in [5.41, 5.74) is 2.57. The fraction of sp³-hybridized carbons (Fsp3) is 0.333. The van der Waals surface area contributed by atoms with Gasteiger partial charge in [-0.1, -0.05) is 0 Å². The molecule has 3 aromatic rings. The summed E-state index contributed by atoms with van der Waals surface area (Å²) in [6.07, 6.45) is 1.55.